The van der Waals surface area contributed by atoms with E-state index in [1.165, 1.54) is 0 Å². The van der Waals surface area contributed by atoms with Gasteiger partial charge in [0.1, 0.15) is 17.6 Å². The minimum atomic E-state index is 0.399. The van der Waals surface area contributed by atoms with Crippen LogP contribution in [0.2, 0.25) is 5.02 Å². The van der Waals surface area contributed by atoms with E-state index in [-0.39, 0.29) is 0 Å². The van der Waals surface area contributed by atoms with E-state index in [1.54, 1.807) is 12.1 Å². The van der Waals surface area contributed by atoms with E-state index in [0.29, 0.717) is 16.5 Å². The van der Waals surface area contributed by atoms with Crippen molar-refractivity contribution in [2.45, 2.75) is 13.8 Å². The Kier molecular flexibility index (Phi) is 3.73. The standard InChI is InChI=1S/C10H12ClN3/c1-3-14(4-2)10-9(11)6-5-8(7-12)13-10/h5-6H,3-4H2,1-2H3. The van der Waals surface area contributed by atoms with Crippen LogP contribution in [0.25, 0.3) is 0 Å². The van der Waals surface area contributed by atoms with E-state index in [2.05, 4.69) is 4.98 Å². The number of hydrogen-bond donors (Lipinski definition) is 0. The summed E-state index contributed by atoms with van der Waals surface area (Å²) < 4.78 is 0. The highest BCUT2D eigenvalue weighted by atomic mass is 35.5. The molecule has 1 aromatic heterocycles. The van der Waals surface area contributed by atoms with E-state index in [4.69, 9.17) is 16.9 Å². The molecule has 1 aromatic rings. The first-order chi connectivity index (χ1) is 6.72. The van der Waals surface area contributed by atoms with Crippen LogP contribution >= 0.6 is 11.6 Å². The van der Waals surface area contributed by atoms with Crippen molar-refractivity contribution in [3.8, 4) is 6.07 Å². The van der Waals surface area contributed by atoms with Crippen molar-refractivity contribution >= 4 is 17.4 Å². The average Bonchev–Trinajstić information content (AvgIpc) is 2.22. The van der Waals surface area contributed by atoms with Gasteiger partial charge in [0.05, 0.1) is 5.02 Å². The molecular weight excluding hydrogens is 198 g/mol. The molecule has 0 saturated carbocycles. The fraction of sp³-hybridized carbons (Fsp3) is 0.400. The summed E-state index contributed by atoms with van der Waals surface area (Å²) >= 11 is 5.99. The second kappa shape index (κ2) is 4.83. The van der Waals surface area contributed by atoms with Crippen molar-refractivity contribution in [3.05, 3.63) is 22.8 Å². The lowest BCUT2D eigenvalue weighted by molar-refractivity contribution is 0.845. The molecule has 0 bridgehead atoms. The van der Waals surface area contributed by atoms with Crippen molar-refractivity contribution in [1.29, 1.82) is 5.26 Å². The van der Waals surface area contributed by atoms with E-state index in [0.717, 1.165) is 13.1 Å². The molecule has 0 N–H and O–H groups in total. The van der Waals surface area contributed by atoms with Gasteiger partial charge in [-0.15, -0.1) is 0 Å². The van der Waals surface area contributed by atoms with Gasteiger partial charge in [0.15, 0.2) is 0 Å². The summed E-state index contributed by atoms with van der Waals surface area (Å²) in [5, 5.41) is 9.30. The molecule has 0 amide bonds. The zero-order chi connectivity index (χ0) is 10.6. The topological polar surface area (TPSA) is 39.9 Å². The number of rotatable bonds is 3. The predicted octanol–water partition coefficient (Wildman–Crippen LogP) is 2.45. The molecule has 0 saturated heterocycles. The van der Waals surface area contributed by atoms with Gasteiger partial charge in [-0.3, -0.25) is 0 Å². The molecule has 0 unspecified atom stereocenters. The SMILES string of the molecule is CCN(CC)c1nc(C#N)ccc1Cl. The van der Waals surface area contributed by atoms with Gasteiger partial charge in [0.25, 0.3) is 0 Å². The Morgan fingerprint density at radius 2 is 2.07 bits per heavy atom. The van der Waals surface area contributed by atoms with Gasteiger partial charge in [-0.2, -0.15) is 5.26 Å². The molecule has 4 heteroatoms. The number of pyridine rings is 1. The van der Waals surface area contributed by atoms with Crippen molar-refractivity contribution in [3.63, 3.8) is 0 Å². The molecule has 0 radical (unpaired) electrons. The van der Waals surface area contributed by atoms with E-state index in [1.807, 2.05) is 24.8 Å². The van der Waals surface area contributed by atoms with Gasteiger partial charge in [-0.25, -0.2) is 4.98 Å². The lowest BCUT2D eigenvalue weighted by Gasteiger charge is -2.20. The molecular formula is C10H12ClN3. The van der Waals surface area contributed by atoms with Gasteiger partial charge < -0.3 is 4.90 Å². The quantitative estimate of drug-likeness (QED) is 0.768. The Morgan fingerprint density at radius 1 is 1.43 bits per heavy atom. The van der Waals surface area contributed by atoms with Gasteiger partial charge in [0, 0.05) is 13.1 Å². The van der Waals surface area contributed by atoms with Gasteiger partial charge in [-0.05, 0) is 26.0 Å². The summed E-state index contributed by atoms with van der Waals surface area (Å²) in [5.74, 6) is 0.690. The second-order valence-electron chi connectivity index (χ2n) is 2.79. The first-order valence-electron chi connectivity index (χ1n) is 4.54. The maximum Gasteiger partial charge on any atom is 0.148 e. The van der Waals surface area contributed by atoms with Crippen LogP contribution in [0.3, 0.4) is 0 Å². The highest BCUT2D eigenvalue weighted by Gasteiger charge is 2.09. The number of nitriles is 1. The smallest absolute Gasteiger partial charge is 0.148 e. The molecule has 0 aliphatic carbocycles. The minimum absolute atomic E-state index is 0.399. The summed E-state index contributed by atoms with van der Waals surface area (Å²) in [6.45, 7) is 5.72. The van der Waals surface area contributed by atoms with E-state index in [9.17, 15) is 0 Å². The van der Waals surface area contributed by atoms with Crippen LogP contribution in [0.15, 0.2) is 12.1 Å². The summed E-state index contributed by atoms with van der Waals surface area (Å²) in [6, 6.07) is 5.33. The first kappa shape index (κ1) is 10.8. The lowest BCUT2D eigenvalue weighted by Crippen LogP contribution is -2.23. The van der Waals surface area contributed by atoms with Crippen LogP contribution < -0.4 is 4.90 Å². The summed E-state index contributed by atoms with van der Waals surface area (Å²) in [7, 11) is 0. The van der Waals surface area contributed by atoms with Crippen LogP contribution in [0.5, 0.6) is 0 Å². The molecule has 0 fully saturated rings. The average molecular weight is 210 g/mol. The van der Waals surface area contributed by atoms with Gasteiger partial charge in [0.2, 0.25) is 0 Å². The third-order valence-corrected chi connectivity index (χ3v) is 2.30. The fourth-order valence-corrected chi connectivity index (χ4v) is 1.46. The predicted molar refractivity (Wildman–Crippen MR) is 57.5 cm³/mol. The van der Waals surface area contributed by atoms with Crippen LogP contribution in [0.4, 0.5) is 5.82 Å². The molecule has 0 aromatic carbocycles. The third kappa shape index (κ3) is 2.15. The largest absolute Gasteiger partial charge is 0.356 e. The Bertz CT molecular complexity index is 353. The van der Waals surface area contributed by atoms with Crippen LogP contribution in [0, 0.1) is 11.3 Å². The first-order valence-corrected chi connectivity index (χ1v) is 4.92. The number of aromatic nitrogens is 1. The fourth-order valence-electron chi connectivity index (χ4n) is 1.24. The highest BCUT2D eigenvalue weighted by molar-refractivity contribution is 6.32. The van der Waals surface area contributed by atoms with E-state index >= 15 is 0 Å². The number of halogens is 1. The van der Waals surface area contributed by atoms with Gasteiger partial charge >= 0.3 is 0 Å². The Hall–Kier alpha value is -1.27. The third-order valence-electron chi connectivity index (χ3n) is 2.01. The molecule has 0 atom stereocenters. The van der Waals surface area contributed by atoms with Crippen molar-refractivity contribution < 1.29 is 0 Å². The van der Waals surface area contributed by atoms with Crippen LogP contribution in [-0.2, 0) is 0 Å². The van der Waals surface area contributed by atoms with Crippen LogP contribution in [-0.4, -0.2) is 18.1 Å². The summed E-state index contributed by atoms with van der Waals surface area (Å²) in [5.41, 5.74) is 0.399. The summed E-state index contributed by atoms with van der Waals surface area (Å²) in [4.78, 5) is 6.18. The maximum atomic E-state index is 8.71. The van der Waals surface area contributed by atoms with E-state index < -0.39 is 0 Å². The molecule has 14 heavy (non-hydrogen) atoms. The lowest BCUT2D eigenvalue weighted by atomic mass is 10.3. The number of hydrogen-bond acceptors (Lipinski definition) is 3. The molecule has 1 rings (SSSR count). The number of nitrogens with zero attached hydrogens (tertiary/aromatic N) is 3. The molecule has 1 heterocycles. The normalized spacial score (nSPS) is 9.57. The molecule has 3 nitrogen and oxygen atoms in total. The Balaban J connectivity index is 3.12. The Labute approximate surface area is 88.9 Å². The highest BCUT2D eigenvalue weighted by Crippen LogP contribution is 2.23. The monoisotopic (exact) mass is 209 g/mol. The zero-order valence-electron chi connectivity index (χ0n) is 8.29. The summed E-state index contributed by atoms with van der Waals surface area (Å²) in [6.07, 6.45) is 0. The molecule has 0 spiro atoms. The molecule has 74 valence electrons. The number of anilines is 1. The Morgan fingerprint density at radius 3 is 2.57 bits per heavy atom. The maximum absolute atomic E-state index is 8.71. The van der Waals surface area contributed by atoms with Gasteiger partial charge in [-0.1, -0.05) is 11.6 Å². The second-order valence-corrected chi connectivity index (χ2v) is 3.19. The van der Waals surface area contributed by atoms with Crippen LogP contribution in [0.1, 0.15) is 19.5 Å². The minimum Gasteiger partial charge on any atom is -0.356 e. The van der Waals surface area contributed by atoms with Crippen molar-refractivity contribution in [2.75, 3.05) is 18.0 Å². The van der Waals surface area contributed by atoms with Crippen molar-refractivity contribution in [2.24, 2.45) is 0 Å². The molecule has 0 aliphatic rings. The molecule has 0 aliphatic heterocycles. The van der Waals surface area contributed by atoms with Crippen molar-refractivity contribution in [1.82, 2.24) is 4.98 Å². The zero-order valence-corrected chi connectivity index (χ0v) is 9.04.